The molecule has 1 nitrogen and oxygen atoms in total. The summed E-state index contributed by atoms with van der Waals surface area (Å²) in [4.78, 5) is 0. The quantitative estimate of drug-likeness (QED) is 0.705. The Morgan fingerprint density at radius 1 is 1.00 bits per heavy atom. The first kappa shape index (κ1) is 10.0. The summed E-state index contributed by atoms with van der Waals surface area (Å²) in [6.07, 6.45) is 6.43. The molecule has 0 radical (unpaired) electrons. The summed E-state index contributed by atoms with van der Waals surface area (Å²) in [5.74, 6) is 3.00. The predicted molar refractivity (Wildman–Crippen MR) is 62.6 cm³/mol. The fourth-order valence-electron chi connectivity index (χ4n) is 1.58. The van der Waals surface area contributed by atoms with E-state index in [0.717, 1.165) is 11.5 Å². The fraction of sp³-hybridized carbons (Fsp3) is 0.286. The average molecular weight is 200 g/mol. The van der Waals surface area contributed by atoms with Crippen LogP contribution in [0.25, 0.3) is 0 Å². The van der Waals surface area contributed by atoms with E-state index in [9.17, 15) is 0 Å². The van der Waals surface area contributed by atoms with Gasteiger partial charge in [0.1, 0.15) is 11.5 Å². The molecule has 1 heteroatoms. The van der Waals surface area contributed by atoms with Crippen molar-refractivity contribution in [1.29, 1.82) is 0 Å². The molecule has 2 unspecified atom stereocenters. The van der Waals surface area contributed by atoms with Crippen molar-refractivity contribution in [2.75, 3.05) is 0 Å². The fourth-order valence-corrected chi connectivity index (χ4v) is 1.58. The zero-order valence-corrected chi connectivity index (χ0v) is 9.18. The maximum atomic E-state index is 5.75. The second-order valence-electron chi connectivity index (χ2n) is 4.06. The third-order valence-corrected chi connectivity index (χ3v) is 2.80. The lowest BCUT2D eigenvalue weighted by molar-refractivity contribution is 0.418. The van der Waals surface area contributed by atoms with Gasteiger partial charge < -0.3 is 4.74 Å². The van der Waals surface area contributed by atoms with Gasteiger partial charge in [0.2, 0.25) is 0 Å². The molecule has 0 spiro atoms. The molecule has 0 saturated carbocycles. The Morgan fingerprint density at radius 3 is 2.40 bits per heavy atom. The topological polar surface area (TPSA) is 9.23 Å². The maximum Gasteiger partial charge on any atom is 0.127 e. The molecular formula is C14H16O. The maximum absolute atomic E-state index is 5.75. The summed E-state index contributed by atoms with van der Waals surface area (Å²) in [6, 6.07) is 9.89. The first-order chi connectivity index (χ1) is 7.25. The van der Waals surface area contributed by atoms with Crippen molar-refractivity contribution >= 4 is 0 Å². The number of rotatable bonds is 2. The number of benzene rings is 1. The molecule has 78 valence electrons. The molecule has 1 aliphatic rings. The lowest BCUT2D eigenvalue weighted by Crippen LogP contribution is -2.09. The third-order valence-electron chi connectivity index (χ3n) is 2.80. The molecule has 2 atom stereocenters. The van der Waals surface area contributed by atoms with Gasteiger partial charge in [-0.3, -0.25) is 0 Å². The van der Waals surface area contributed by atoms with Crippen LogP contribution in [0.15, 0.2) is 54.3 Å². The second-order valence-corrected chi connectivity index (χ2v) is 4.06. The molecule has 0 aliphatic heterocycles. The van der Waals surface area contributed by atoms with Gasteiger partial charge >= 0.3 is 0 Å². The first-order valence-corrected chi connectivity index (χ1v) is 5.38. The molecular weight excluding hydrogens is 184 g/mol. The van der Waals surface area contributed by atoms with E-state index >= 15 is 0 Å². The Balaban J connectivity index is 2.08. The van der Waals surface area contributed by atoms with E-state index < -0.39 is 0 Å². The first-order valence-electron chi connectivity index (χ1n) is 5.38. The minimum Gasteiger partial charge on any atom is -0.458 e. The Labute approximate surface area is 91.1 Å². The average Bonchev–Trinajstić information content (AvgIpc) is 2.25. The Kier molecular flexibility index (Phi) is 2.91. The van der Waals surface area contributed by atoms with Crippen LogP contribution in [0.5, 0.6) is 5.75 Å². The van der Waals surface area contributed by atoms with Crippen molar-refractivity contribution in [1.82, 2.24) is 0 Å². The van der Waals surface area contributed by atoms with E-state index in [1.807, 2.05) is 30.3 Å². The summed E-state index contributed by atoms with van der Waals surface area (Å²) < 4.78 is 5.75. The van der Waals surface area contributed by atoms with Gasteiger partial charge in [0, 0.05) is 0 Å². The van der Waals surface area contributed by atoms with Crippen LogP contribution < -0.4 is 4.74 Å². The summed E-state index contributed by atoms with van der Waals surface area (Å²) in [7, 11) is 0. The Morgan fingerprint density at radius 2 is 1.73 bits per heavy atom. The minimum atomic E-state index is 0.550. The van der Waals surface area contributed by atoms with Gasteiger partial charge in [0.25, 0.3) is 0 Å². The third kappa shape index (κ3) is 2.50. The highest BCUT2D eigenvalue weighted by atomic mass is 16.5. The zero-order valence-electron chi connectivity index (χ0n) is 9.18. The SMILES string of the molecule is CC1C=CC(Oc2ccccc2)=CC1C. The summed E-state index contributed by atoms with van der Waals surface area (Å²) in [5.41, 5.74) is 0. The van der Waals surface area contributed by atoms with E-state index in [-0.39, 0.29) is 0 Å². The van der Waals surface area contributed by atoms with E-state index in [4.69, 9.17) is 4.74 Å². The van der Waals surface area contributed by atoms with E-state index in [1.54, 1.807) is 0 Å². The van der Waals surface area contributed by atoms with Gasteiger partial charge in [-0.1, -0.05) is 38.1 Å². The van der Waals surface area contributed by atoms with Gasteiger partial charge in [-0.2, -0.15) is 0 Å². The van der Waals surface area contributed by atoms with Gasteiger partial charge in [-0.15, -0.1) is 0 Å². The minimum absolute atomic E-state index is 0.550. The molecule has 0 N–H and O–H groups in total. The normalized spacial score (nSPS) is 24.8. The van der Waals surface area contributed by atoms with Crippen LogP contribution in [-0.2, 0) is 0 Å². The molecule has 1 aliphatic carbocycles. The second kappa shape index (κ2) is 4.35. The van der Waals surface area contributed by atoms with Crippen molar-refractivity contribution in [3.63, 3.8) is 0 Å². The lowest BCUT2D eigenvalue weighted by atomic mass is 9.91. The number of para-hydroxylation sites is 1. The largest absolute Gasteiger partial charge is 0.458 e. The highest BCUT2D eigenvalue weighted by molar-refractivity contribution is 5.28. The molecule has 0 amide bonds. The number of hydrogen-bond donors (Lipinski definition) is 0. The van der Waals surface area contributed by atoms with Crippen LogP contribution in [0.3, 0.4) is 0 Å². The monoisotopic (exact) mass is 200 g/mol. The molecule has 0 heterocycles. The molecule has 0 saturated heterocycles. The molecule has 15 heavy (non-hydrogen) atoms. The van der Waals surface area contributed by atoms with E-state index in [2.05, 4.69) is 32.1 Å². The number of hydrogen-bond acceptors (Lipinski definition) is 1. The van der Waals surface area contributed by atoms with Gasteiger partial charge in [0.05, 0.1) is 0 Å². The predicted octanol–water partition coefficient (Wildman–Crippen LogP) is 3.79. The van der Waals surface area contributed by atoms with Crippen molar-refractivity contribution in [3.05, 3.63) is 54.3 Å². The zero-order chi connectivity index (χ0) is 10.7. The standard InChI is InChI=1S/C14H16O/c1-11-8-9-14(10-12(11)2)15-13-6-4-3-5-7-13/h3-12H,1-2H3. The highest BCUT2D eigenvalue weighted by Gasteiger charge is 2.12. The molecule has 0 bridgehead atoms. The number of allylic oxidation sites excluding steroid dienone is 3. The van der Waals surface area contributed by atoms with Crippen LogP contribution in [0.2, 0.25) is 0 Å². The van der Waals surface area contributed by atoms with E-state index in [0.29, 0.717) is 11.8 Å². The van der Waals surface area contributed by atoms with Crippen LogP contribution in [-0.4, -0.2) is 0 Å². The summed E-state index contributed by atoms with van der Waals surface area (Å²) >= 11 is 0. The summed E-state index contributed by atoms with van der Waals surface area (Å²) in [6.45, 7) is 4.43. The summed E-state index contributed by atoms with van der Waals surface area (Å²) in [5, 5.41) is 0. The Hall–Kier alpha value is -1.50. The van der Waals surface area contributed by atoms with Crippen LogP contribution in [0.1, 0.15) is 13.8 Å². The van der Waals surface area contributed by atoms with Gasteiger partial charge in [-0.25, -0.2) is 0 Å². The van der Waals surface area contributed by atoms with Gasteiger partial charge in [-0.05, 0) is 36.1 Å². The molecule has 1 aromatic carbocycles. The van der Waals surface area contributed by atoms with E-state index in [1.165, 1.54) is 0 Å². The Bertz CT molecular complexity index is 376. The van der Waals surface area contributed by atoms with Gasteiger partial charge in [0.15, 0.2) is 0 Å². The van der Waals surface area contributed by atoms with Crippen LogP contribution in [0, 0.1) is 11.8 Å². The number of ether oxygens (including phenoxy) is 1. The molecule has 0 aromatic heterocycles. The highest BCUT2D eigenvalue weighted by Crippen LogP contribution is 2.24. The molecule has 0 fully saturated rings. The van der Waals surface area contributed by atoms with Crippen molar-refractivity contribution < 1.29 is 4.74 Å². The van der Waals surface area contributed by atoms with Crippen molar-refractivity contribution in [2.24, 2.45) is 11.8 Å². The van der Waals surface area contributed by atoms with Crippen molar-refractivity contribution in [2.45, 2.75) is 13.8 Å². The molecule has 1 aromatic rings. The smallest absolute Gasteiger partial charge is 0.127 e. The van der Waals surface area contributed by atoms with Crippen molar-refractivity contribution in [3.8, 4) is 5.75 Å². The van der Waals surface area contributed by atoms with Crippen LogP contribution >= 0.6 is 0 Å². The molecule has 2 rings (SSSR count). The lowest BCUT2D eigenvalue weighted by Gasteiger charge is -2.19. The van der Waals surface area contributed by atoms with Crippen LogP contribution in [0.4, 0.5) is 0 Å².